The van der Waals surface area contributed by atoms with Crippen molar-refractivity contribution in [2.75, 3.05) is 6.61 Å². The largest absolute Gasteiger partial charge is 0.478 e. The molecule has 2 N–H and O–H groups in total. The van der Waals surface area contributed by atoms with Crippen molar-refractivity contribution < 1.29 is 9.53 Å². The first-order chi connectivity index (χ1) is 14.5. The summed E-state index contributed by atoms with van der Waals surface area (Å²) < 4.78 is 5.79. The number of nitrogens with two attached hydrogens (primary N) is 1. The van der Waals surface area contributed by atoms with Gasteiger partial charge in [0.15, 0.2) is 0 Å². The minimum Gasteiger partial charge on any atom is -0.478 e. The number of carbonyl (C=O) groups excluding carboxylic acids is 1. The van der Waals surface area contributed by atoms with Gasteiger partial charge in [-0.1, -0.05) is 63.5 Å². The van der Waals surface area contributed by atoms with Gasteiger partial charge in [0.2, 0.25) is 11.8 Å². The Balaban J connectivity index is 1.59. The Bertz CT molecular complexity index is 870. The number of benzene rings is 1. The number of hydrogen-bond acceptors (Lipinski definition) is 3. The number of pyridine rings is 1. The zero-order valence-corrected chi connectivity index (χ0v) is 18.7. The van der Waals surface area contributed by atoms with Crippen LogP contribution in [0.15, 0.2) is 59.7 Å². The second-order valence-electron chi connectivity index (χ2n) is 7.92. The van der Waals surface area contributed by atoms with Crippen molar-refractivity contribution in [1.29, 1.82) is 0 Å². The summed E-state index contributed by atoms with van der Waals surface area (Å²) in [6, 6.07) is 12.1. The number of fused-ring (bicyclic) bond motifs is 1. The fraction of sp³-hybridized carbons (Fsp3) is 0.462. The van der Waals surface area contributed by atoms with Crippen LogP contribution < -0.4 is 10.5 Å². The molecule has 0 spiro atoms. The molecule has 4 heteroatoms. The number of rotatable bonds is 13. The number of para-hydroxylation sites is 1. The van der Waals surface area contributed by atoms with E-state index in [0.717, 1.165) is 54.2 Å². The van der Waals surface area contributed by atoms with E-state index in [0.29, 0.717) is 12.5 Å². The number of amides is 1. The normalized spacial score (nSPS) is 13.4. The van der Waals surface area contributed by atoms with Crippen LogP contribution in [0, 0.1) is 5.92 Å². The van der Waals surface area contributed by atoms with E-state index in [1.165, 1.54) is 12.8 Å². The summed E-state index contributed by atoms with van der Waals surface area (Å²) in [6.45, 7) is 6.82. The van der Waals surface area contributed by atoms with Gasteiger partial charge in [0.05, 0.1) is 12.1 Å². The number of aromatic nitrogens is 1. The van der Waals surface area contributed by atoms with Crippen molar-refractivity contribution in [3.63, 3.8) is 0 Å². The predicted octanol–water partition coefficient (Wildman–Crippen LogP) is 6.36. The van der Waals surface area contributed by atoms with Crippen LogP contribution in [0.1, 0.15) is 65.7 Å². The molecule has 0 bridgehead atoms. The predicted molar refractivity (Wildman–Crippen MR) is 125 cm³/mol. The van der Waals surface area contributed by atoms with E-state index < -0.39 is 0 Å². The summed E-state index contributed by atoms with van der Waals surface area (Å²) in [4.78, 5) is 16.2. The Hall–Kier alpha value is -2.62. The molecular formula is C26H36N2O2. The lowest BCUT2D eigenvalue weighted by Crippen LogP contribution is -2.20. The second-order valence-corrected chi connectivity index (χ2v) is 7.92. The number of allylic oxidation sites excluding steroid dienone is 3. The smallest absolute Gasteiger partial charge is 0.245 e. The number of carbonyl (C=O) groups is 1. The quantitative estimate of drug-likeness (QED) is 0.238. The minimum atomic E-state index is -0.299. The second kappa shape index (κ2) is 12.8. The summed E-state index contributed by atoms with van der Waals surface area (Å²) in [5, 5.41) is 1.13. The molecule has 2 rings (SSSR count). The van der Waals surface area contributed by atoms with Gasteiger partial charge in [0.1, 0.15) is 0 Å². The number of primary amides is 1. The zero-order valence-electron chi connectivity index (χ0n) is 18.7. The minimum absolute atomic E-state index is 0.208. The highest BCUT2D eigenvalue weighted by atomic mass is 16.5. The Morgan fingerprint density at radius 1 is 1.10 bits per heavy atom. The van der Waals surface area contributed by atoms with Crippen molar-refractivity contribution in [2.45, 2.75) is 65.7 Å². The fourth-order valence-electron chi connectivity index (χ4n) is 3.58. The Morgan fingerprint density at radius 3 is 2.60 bits per heavy atom. The van der Waals surface area contributed by atoms with Crippen LogP contribution in [0.3, 0.4) is 0 Å². The van der Waals surface area contributed by atoms with Crippen molar-refractivity contribution in [2.24, 2.45) is 11.7 Å². The van der Waals surface area contributed by atoms with Crippen molar-refractivity contribution in [3.05, 3.63) is 59.7 Å². The van der Waals surface area contributed by atoms with Crippen LogP contribution in [0.2, 0.25) is 0 Å². The molecule has 0 aliphatic heterocycles. The summed E-state index contributed by atoms with van der Waals surface area (Å²) in [5.74, 6) is 0.613. The summed E-state index contributed by atoms with van der Waals surface area (Å²) in [7, 11) is 0. The molecule has 0 saturated heterocycles. The van der Waals surface area contributed by atoms with Crippen LogP contribution >= 0.6 is 0 Å². The van der Waals surface area contributed by atoms with Gasteiger partial charge in [-0.3, -0.25) is 4.79 Å². The molecule has 1 heterocycles. The third-order valence-electron chi connectivity index (χ3n) is 5.50. The third kappa shape index (κ3) is 7.66. The van der Waals surface area contributed by atoms with E-state index in [4.69, 9.17) is 10.5 Å². The van der Waals surface area contributed by atoms with Crippen molar-refractivity contribution in [1.82, 2.24) is 4.98 Å². The van der Waals surface area contributed by atoms with Crippen LogP contribution in [-0.4, -0.2) is 17.5 Å². The first-order valence-electron chi connectivity index (χ1n) is 11.2. The molecule has 0 fully saturated rings. The average Bonchev–Trinajstić information content (AvgIpc) is 2.74. The molecule has 162 valence electrons. The molecule has 1 aromatic heterocycles. The van der Waals surface area contributed by atoms with Gasteiger partial charge < -0.3 is 10.5 Å². The van der Waals surface area contributed by atoms with E-state index in [1.807, 2.05) is 31.2 Å². The van der Waals surface area contributed by atoms with Crippen LogP contribution in [0.5, 0.6) is 5.88 Å². The first kappa shape index (κ1) is 23.7. The average molecular weight is 409 g/mol. The van der Waals surface area contributed by atoms with E-state index in [2.05, 4.69) is 43.1 Å². The van der Waals surface area contributed by atoms with E-state index in [1.54, 1.807) is 0 Å². The lowest BCUT2D eigenvalue weighted by Gasteiger charge is -2.12. The zero-order chi connectivity index (χ0) is 21.8. The van der Waals surface area contributed by atoms with Crippen LogP contribution in [0.25, 0.3) is 10.9 Å². The van der Waals surface area contributed by atoms with Crippen molar-refractivity contribution in [3.8, 4) is 5.88 Å². The number of ether oxygens (including phenoxy) is 1. The molecule has 30 heavy (non-hydrogen) atoms. The first-order valence-corrected chi connectivity index (χ1v) is 11.2. The van der Waals surface area contributed by atoms with Gasteiger partial charge in [-0.15, -0.1) is 0 Å². The summed E-state index contributed by atoms with van der Waals surface area (Å²) in [5.41, 5.74) is 8.27. The molecule has 0 radical (unpaired) electrons. The lowest BCUT2D eigenvalue weighted by molar-refractivity contribution is -0.115. The molecule has 0 aliphatic rings. The van der Waals surface area contributed by atoms with Gasteiger partial charge in [-0.05, 0) is 56.2 Å². The SMILES string of the molecule is CCC(C)/C(C(N)=O)=C(C)/C=C/CCCCCCCOc1ccc2ccccc2n1. The lowest BCUT2D eigenvalue weighted by atomic mass is 9.93. The molecule has 4 nitrogen and oxygen atoms in total. The third-order valence-corrected chi connectivity index (χ3v) is 5.50. The topological polar surface area (TPSA) is 65.2 Å². The number of unbranched alkanes of at least 4 members (excludes halogenated alkanes) is 5. The summed E-state index contributed by atoms with van der Waals surface area (Å²) in [6.07, 6.45) is 11.9. The maximum absolute atomic E-state index is 11.7. The number of hydrogen-bond donors (Lipinski definition) is 1. The number of nitrogens with zero attached hydrogens (tertiary/aromatic N) is 1. The molecule has 0 aliphatic carbocycles. The van der Waals surface area contributed by atoms with Gasteiger partial charge >= 0.3 is 0 Å². The Morgan fingerprint density at radius 2 is 1.83 bits per heavy atom. The maximum atomic E-state index is 11.7. The fourth-order valence-corrected chi connectivity index (χ4v) is 3.58. The molecule has 0 saturated carbocycles. The van der Waals surface area contributed by atoms with Crippen LogP contribution in [-0.2, 0) is 4.79 Å². The van der Waals surface area contributed by atoms with Gasteiger partial charge in [-0.2, -0.15) is 0 Å². The molecule has 1 atom stereocenters. The highest BCUT2D eigenvalue weighted by Crippen LogP contribution is 2.19. The molecule has 1 amide bonds. The van der Waals surface area contributed by atoms with Gasteiger partial charge in [-0.25, -0.2) is 4.98 Å². The Kier molecular flexibility index (Phi) is 10.1. The molecule has 2 aromatic rings. The monoisotopic (exact) mass is 408 g/mol. The maximum Gasteiger partial charge on any atom is 0.245 e. The molecular weight excluding hydrogens is 372 g/mol. The highest BCUT2D eigenvalue weighted by Gasteiger charge is 2.14. The molecule has 1 unspecified atom stereocenters. The molecule has 1 aromatic carbocycles. The highest BCUT2D eigenvalue weighted by molar-refractivity contribution is 5.93. The van der Waals surface area contributed by atoms with Gasteiger partial charge in [0, 0.05) is 17.0 Å². The summed E-state index contributed by atoms with van der Waals surface area (Å²) >= 11 is 0. The van der Waals surface area contributed by atoms with Crippen LogP contribution in [0.4, 0.5) is 0 Å². The standard InChI is InChI=1S/C26H36N2O2/c1-4-20(2)25(26(27)29)21(3)14-10-8-6-5-7-9-13-19-30-24-18-17-22-15-11-12-16-23(22)28-24/h10-12,14-18,20H,4-9,13,19H2,1-3H3,(H2,27,29)/b14-10+,25-21-. The van der Waals surface area contributed by atoms with E-state index >= 15 is 0 Å². The van der Waals surface area contributed by atoms with E-state index in [-0.39, 0.29) is 11.8 Å². The Labute approximate surface area is 181 Å². The van der Waals surface area contributed by atoms with E-state index in [9.17, 15) is 4.79 Å². The van der Waals surface area contributed by atoms with Gasteiger partial charge in [0.25, 0.3) is 0 Å². The van der Waals surface area contributed by atoms with Crippen molar-refractivity contribution >= 4 is 16.8 Å².